The Hall–Kier alpha value is -3.34. The first-order valence-corrected chi connectivity index (χ1v) is 12.4. The number of benzene rings is 2. The lowest BCUT2D eigenvalue weighted by Crippen LogP contribution is -2.48. The molecule has 37 heavy (non-hydrogen) atoms. The molecular formula is C26H26ClF2N5O3. The lowest BCUT2D eigenvalue weighted by atomic mass is 10.0. The van der Waals surface area contributed by atoms with E-state index in [1.165, 1.54) is 24.5 Å². The third-order valence-electron chi connectivity index (χ3n) is 6.66. The Morgan fingerprint density at radius 3 is 2.57 bits per heavy atom. The maximum absolute atomic E-state index is 15.6. The first-order chi connectivity index (χ1) is 17.9. The van der Waals surface area contributed by atoms with Crippen LogP contribution in [0.4, 0.5) is 14.6 Å². The molecule has 1 aromatic heterocycles. The minimum atomic E-state index is -0.842. The predicted molar refractivity (Wildman–Crippen MR) is 137 cm³/mol. The quantitative estimate of drug-likeness (QED) is 0.507. The fourth-order valence-electron chi connectivity index (χ4n) is 4.69. The van der Waals surface area contributed by atoms with Crippen LogP contribution in [0.2, 0.25) is 5.02 Å². The third kappa shape index (κ3) is 5.22. The van der Waals surface area contributed by atoms with Gasteiger partial charge in [-0.15, -0.1) is 0 Å². The Morgan fingerprint density at radius 1 is 1.08 bits per heavy atom. The number of fused-ring (bicyclic) bond motifs is 1. The van der Waals surface area contributed by atoms with Gasteiger partial charge in [-0.25, -0.2) is 18.7 Å². The van der Waals surface area contributed by atoms with Gasteiger partial charge in [0.1, 0.15) is 29.2 Å². The van der Waals surface area contributed by atoms with Gasteiger partial charge in [-0.3, -0.25) is 9.69 Å². The molecule has 0 saturated carbocycles. The van der Waals surface area contributed by atoms with E-state index < -0.39 is 17.4 Å². The molecule has 2 aromatic carbocycles. The molecule has 2 fully saturated rings. The van der Waals surface area contributed by atoms with Gasteiger partial charge in [-0.2, -0.15) is 0 Å². The molecule has 2 aliphatic heterocycles. The number of amides is 1. The molecule has 5 rings (SSSR count). The number of piperazine rings is 1. The van der Waals surface area contributed by atoms with Crippen molar-refractivity contribution >= 4 is 34.2 Å². The van der Waals surface area contributed by atoms with Gasteiger partial charge in [0.15, 0.2) is 5.82 Å². The Balaban J connectivity index is 1.32. The molecule has 2 aliphatic rings. The number of aromatic hydroxyl groups is 1. The number of aromatic nitrogens is 2. The first kappa shape index (κ1) is 25.3. The van der Waals surface area contributed by atoms with E-state index in [2.05, 4.69) is 14.9 Å². The molecule has 3 heterocycles. The topological polar surface area (TPSA) is 82.0 Å². The van der Waals surface area contributed by atoms with Crippen molar-refractivity contribution in [1.29, 1.82) is 0 Å². The minimum Gasteiger partial charge on any atom is -0.507 e. The number of phenols is 1. The highest BCUT2D eigenvalue weighted by Crippen LogP contribution is 2.42. The number of hydrogen-bond donors (Lipinski definition) is 1. The van der Waals surface area contributed by atoms with E-state index in [9.17, 15) is 14.3 Å². The Kier molecular flexibility index (Phi) is 7.50. The number of morpholine rings is 1. The van der Waals surface area contributed by atoms with E-state index in [0.29, 0.717) is 57.1 Å². The van der Waals surface area contributed by atoms with Crippen molar-refractivity contribution in [3.63, 3.8) is 0 Å². The summed E-state index contributed by atoms with van der Waals surface area (Å²) in [5, 5.41) is 10.5. The van der Waals surface area contributed by atoms with Crippen LogP contribution in [0.5, 0.6) is 5.75 Å². The Bertz CT molecular complexity index is 1320. The minimum absolute atomic E-state index is 0.0309. The second-order valence-electron chi connectivity index (χ2n) is 8.90. The van der Waals surface area contributed by atoms with Crippen LogP contribution in [-0.4, -0.2) is 89.8 Å². The Labute approximate surface area is 217 Å². The van der Waals surface area contributed by atoms with E-state index in [4.69, 9.17) is 16.3 Å². The number of anilines is 1. The number of phenolic OH excluding ortho intramolecular Hbond substituents is 1. The number of nitrogens with zero attached hydrogens (tertiary/aromatic N) is 5. The fourth-order valence-corrected chi connectivity index (χ4v) is 4.97. The summed E-state index contributed by atoms with van der Waals surface area (Å²) in [5.74, 6) is -1.64. The first-order valence-electron chi connectivity index (χ1n) is 12.0. The maximum Gasteiger partial charge on any atom is 0.246 e. The van der Waals surface area contributed by atoms with Crippen molar-refractivity contribution in [3.05, 3.63) is 59.4 Å². The molecule has 2 saturated heterocycles. The summed E-state index contributed by atoms with van der Waals surface area (Å²) in [6.07, 6.45) is 4.74. The van der Waals surface area contributed by atoms with Crippen molar-refractivity contribution in [2.45, 2.75) is 0 Å². The molecule has 0 spiro atoms. The molecule has 3 aromatic rings. The zero-order valence-electron chi connectivity index (χ0n) is 20.0. The zero-order chi connectivity index (χ0) is 25.9. The summed E-state index contributed by atoms with van der Waals surface area (Å²) >= 11 is 6.40. The van der Waals surface area contributed by atoms with Crippen molar-refractivity contribution in [2.24, 2.45) is 0 Å². The van der Waals surface area contributed by atoms with Crippen molar-refractivity contribution in [3.8, 4) is 16.9 Å². The van der Waals surface area contributed by atoms with Crippen LogP contribution in [0.25, 0.3) is 22.0 Å². The van der Waals surface area contributed by atoms with E-state index >= 15 is 4.39 Å². The molecule has 194 valence electrons. The van der Waals surface area contributed by atoms with E-state index in [1.54, 1.807) is 11.0 Å². The summed E-state index contributed by atoms with van der Waals surface area (Å²) < 4.78 is 35.4. The summed E-state index contributed by atoms with van der Waals surface area (Å²) in [4.78, 5) is 27.0. The van der Waals surface area contributed by atoms with Gasteiger partial charge in [0, 0.05) is 62.8 Å². The van der Waals surface area contributed by atoms with E-state index in [-0.39, 0.29) is 27.6 Å². The molecule has 8 nitrogen and oxygen atoms in total. The van der Waals surface area contributed by atoms with Crippen molar-refractivity contribution in [2.75, 3.05) is 63.9 Å². The third-order valence-corrected chi connectivity index (χ3v) is 6.96. The maximum atomic E-state index is 15.6. The monoisotopic (exact) mass is 529 g/mol. The SMILES string of the molecule is O=C(C=CCN1CCOCC1)N1CCN(c2ncnc3c(F)c(-c4c(O)cccc4F)c(Cl)cc23)CC1. The normalized spacial score (nSPS) is 17.2. The van der Waals surface area contributed by atoms with Crippen LogP contribution < -0.4 is 4.90 Å². The standard InChI is InChI=1S/C26H26ClF2N5O3/c27-18-15-17-25(24(29)22(18)23-19(28)3-1-4-20(23)35)30-16-31-26(17)34-9-7-33(8-10-34)21(36)5-2-6-32-11-13-37-14-12-32/h1-5,15-16,35H,6-14H2. The van der Waals surface area contributed by atoms with Crippen LogP contribution in [0.15, 0.2) is 42.7 Å². The molecule has 1 amide bonds. The number of rotatable bonds is 5. The van der Waals surface area contributed by atoms with Crippen LogP contribution in [0.1, 0.15) is 0 Å². The summed E-state index contributed by atoms with van der Waals surface area (Å²) in [7, 11) is 0. The van der Waals surface area contributed by atoms with Crippen molar-refractivity contribution in [1.82, 2.24) is 19.8 Å². The molecular weight excluding hydrogens is 504 g/mol. The van der Waals surface area contributed by atoms with Gasteiger partial charge in [0.25, 0.3) is 0 Å². The highest BCUT2D eigenvalue weighted by atomic mass is 35.5. The summed E-state index contributed by atoms with van der Waals surface area (Å²) in [6, 6.07) is 5.20. The molecule has 0 bridgehead atoms. The number of halogens is 3. The molecule has 1 N–H and O–H groups in total. The van der Waals surface area contributed by atoms with Gasteiger partial charge >= 0.3 is 0 Å². The zero-order valence-corrected chi connectivity index (χ0v) is 20.8. The van der Waals surface area contributed by atoms with Crippen LogP contribution >= 0.6 is 11.6 Å². The molecule has 0 unspecified atom stereocenters. The second kappa shape index (κ2) is 11.0. The fraction of sp³-hybridized carbons (Fsp3) is 0.346. The molecule has 0 aliphatic carbocycles. The van der Waals surface area contributed by atoms with Crippen LogP contribution in [0.3, 0.4) is 0 Å². The average molecular weight is 530 g/mol. The highest BCUT2D eigenvalue weighted by Gasteiger charge is 2.26. The highest BCUT2D eigenvalue weighted by molar-refractivity contribution is 6.34. The summed E-state index contributed by atoms with van der Waals surface area (Å²) in [6.45, 7) is 5.78. The van der Waals surface area contributed by atoms with Crippen molar-refractivity contribution < 1.29 is 23.4 Å². The Morgan fingerprint density at radius 2 is 1.84 bits per heavy atom. The second-order valence-corrected chi connectivity index (χ2v) is 9.31. The lowest BCUT2D eigenvalue weighted by molar-refractivity contribution is -0.126. The van der Waals surface area contributed by atoms with Gasteiger partial charge in [0.2, 0.25) is 5.91 Å². The molecule has 11 heteroatoms. The predicted octanol–water partition coefficient (Wildman–Crippen LogP) is 3.47. The smallest absolute Gasteiger partial charge is 0.246 e. The summed E-state index contributed by atoms with van der Waals surface area (Å²) in [5.41, 5.74) is -0.605. The lowest BCUT2D eigenvalue weighted by Gasteiger charge is -2.35. The molecule has 0 radical (unpaired) electrons. The van der Waals surface area contributed by atoms with Gasteiger partial charge < -0.3 is 19.6 Å². The van der Waals surface area contributed by atoms with Crippen LogP contribution in [-0.2, 0) is 9.53 Å². The van der Waals surface area contributed by atoms with E-state index in [1.807, 2.05) is 11.0 Å². The largest absolute Gasteiger partial charge is 0.507 e. The van der Waals surface area contributed by atoms with Crippen LogP contribution in [0, 0.1) is 11.6 Å². The number of hydrogen-bond acceptors (Lipinski definition) is 7. The van der Waals surface area contributed by atoms with Gasteiger partial charge in [0.05, 0.1) is 23.8 Å². The number of ether oxygens (including phenoxy) is 1. The number of carbonyl (C=O) groups excluding carboxylic acids is 1. The average Bonchev–Trinajstić information content (AvgIpc) is 2.91. The van der Waals surface area contributed by atoms with Gasteiger partial charge in [-0.05, 0) is 18.2 Å². The number of carbonyl (C=O) groups is 1. The molecule has 0 atom stereocenters. The van der Waals surface area contributed by atoms with E-state index in [0.717, 1.165) is 19.2 Å². The van der Waals surface area contributed by atoms with Gasteiger partial charge in [-0.1, -0.05) is 23.7 Å².